The average molecular weight is 301 g/mol. The molecule has 0 aliphatic carbocycles. The van der Waals surface area contributed by atoms with E-state index in [1.54, 1.807) is 0 Å². The SMILES string of the molecule is O/N=C\c1cn(CC(O)CN2CCCCC2)c2ccccc12. The van der Waals surface area contributed by atoms with Crippen molar-refractivity contribution in [3.05, 3.63) is 36.0 Å². The van der Waals surface area contributed by atoms with Gasteiger partial charge in [-0.25, -0.2) is 0 Å². The van der Waals surface area contributed by atoms with Gasteiger partial charge >= 0.3 is 0 Å². The van der Waals surface area contributed by atoms with Gasteiger partial charge in [0.05, 0.1) is 12.3 Å². The maximum Gasteiger partial charge on any atom is 0.0845 e. The first-order valence-corrected chi connectivity index (χ1v) is 7.93. The highest BCUT2D eigenvalue weighted by Gasteiger charge is 2.16. The van der Waals surface area contributed by atoms with E-state index in [4.69, 9.17) is 5.21 Å². The van der Waals surface area contributed by atoms with E-state index in [9.17, 15) is 5.11 Å². The summed E-state index contributed by atoms with van der Waals surface area (Å²) in [5.74, 6) is 0. The van der Waals surface area contributed by atoms with E-state index >= 15 is 0 Å². The van der Waals surface area contributed by atoms with Crippen molar-refractivity contribution in [1.82, 2.24) is 9.47 Å². The highest BCUT2D eigenvalue weighted by molar-refractivity contribution is 5.99. The summed E-state index contributed by atoms with van der Waals surface area (Å²) in [6.07, 6.45) is 6.75. The Morgan fingerprint density at radius 3 is 2.68 bits per heavy atom. The lowest BCUT2D eigenvalue weighted by molar-refractivity contribution is 0.0892. The Morgan fingerprint density at radius 1 is 1.14 bits per heavy atom. The number of rotatable bonds is 5. The fourth-order valence-corrected chi connectivity index (χ4v) is 3.32. The highest BCUT2D eigenvalue weighted by atomic mass is 16.4. The number of fused-ring (bicyclic) bond motifs is 1. The van der Waals surface area contributed by atoms with Crippen LogP contribution in [0.15, 0.2) is 35.6 Å². The molecule has 1 atom stereocenters. The van der Waals surface area contributed by atoms with E-state index in [-0.39, 0.29) is 0 Å². The van der Waals surface area contributed by atoms with Crippen LogP contribution >= 0.6 is 0 Å². The normalized spacial score (nSPS) is 18.2. The summed E-state index contributed by atoms with van der Waals surface area (Å²) < 4.78 is 2.04. The molecule has 2 heterocycles. The van der Waals surface area contributed by atoms with Crippen molar-refractivity contribution in [2.75, 3.05) is 19.6 Å². The average Bonchev–Trinajstić information content (AvgIpc) is 2.87. The van der Waals surface area contributed by atoms with Crippen molar-refractivity contribution in [2.45, 2.75) is 31.9 Å². The third-order valence-electron chi connectivity index (χ3n) is 4.34. The number of hydrogen-bond acceptors (Lipinski definition) is 4. The number of benzene rings is 1. The fraction of sp³-hybridized carbons (Fsp3) is 0.471. The van der Waals surface area contributed by atoms with Crippen LogP contribution in [0.5, 0.6) is 0 Å². The molecule has 118 valence electrons. The molecule has 1 aromatic heterocycles. The predicted octanol–water partition coefficient (Wildman–Crippen LogP) is 2.30. The number of aliphatic hydroxyl groups is 1. The molecule has 1 aliphatic rings. The molecule has 1 aliphatic heterocycles. The van der Waals surface area contributed by atoms with Gasteiger partial charge in [0.15, 0.2) is 0 Å². The number of piperidine rings is 1. The smallest absolute Gasteiger partial charge is 0.0845 e. The summed E-state index contributed by atoms with van der Waals surface area (Å²) in [4.78, 5) is 2.34. The molecule has 5 heteroatoms. The van der Waals surface area contributed by atoms with Gasteiger partial charge in [-0.1, -0.05) is 29.8 Å². The molecule has 1 saturated heterocycles. The molecule has 2 N–H and O–H groups in total. The lowest BCUT2D eigenvalue weighted by Gasteiger charge is -2.28. The number of likely N-dealkylation sites (tertiary alicyclic amines) is 1. The van der Waals surface area contributed by atoms with E-state index in [1.807, 2.05) is 35.0 Å². The van der Waals surface area contributed by atoms with Gasteiger partial charge in [0, 0.05) is 35.8 Å². The van der Waals surface area contributed by atoms with Gasteiger partial charge in [-0.2, -0.15) is 0 Å². The lowest BCUT2D eigenvalue weighted by Crippen LogP contribution is -2.37. The standard InChI is InChI=1S/C17H23N3O2/c21-15(12-19-8-4-1-5-9-19)13-20-11-14(10-18-22)16-6-2-3-7-17(16)20/h2-3,6-7,10-11,15,21-22H,1,4-5,8-9,12-13H2/b18-10-. The minimum atomic E-state index is -0.396. The summed E-state index contributed by atoms with van der Waals surface area (Å²) in [5, 5.41) is 23.4. The first kappa shape index (κ1) is 15.1. The van der Waals surface area contributed by atoms with E-state index < -0.39 is 6.10 Å². The summed E-state index contributed by atoms with van der Waals surface area (Å²) >= 11 is 0. The van der Waals surface area contributed by atoms with Crippen molar-refractivity contribution < 1.29 is 10.3 Å². The van der Waals surface area contributed by atoms with Crippen LogP contribution < -0.4 is 0 Å². The van der Waals surface area contributed by atoms with Gasteiger partial charge in [-0.3, -0.25) is 0 Å². The molecule has 3 rings (SSSR count). The zero-order valence-electron chi connectivity index (χ0n) is 12.7. The third kappa shape index (κ3) is 3.31. The number of aliphatic hydroxyl groups excluding tert-OH is 1. The minimum absolute atomic E-state index is 0.396. The Labute approximate surface area is 130 Å². The molecule has 0 saturated carbocycles. The molecule has 1 aromatic carbocycles. The van der Waals surface area contributed by atoms with E-state index in [0.29, 0.717) is 6.54 Å². The van der Waals surface area contributed by atoms with Gasteiger partial charge in [0.2, 0.25) is 0 Å². The van der Waals surface area contributed by atoms with Crippen molar-refractivity contribution in [2.24, 2.45) is 5.16 Å². The molecule has 0 spiro atoms. The summed E-state index contributed by atoms with van der Waals surface area (Å²) in [5.41, 5.74) is 1.92. The first-order valence-electron chi connectivity index (χ1n) is 7.93. The largest absolute Gasteiger partial charge is 0.411 e. The van der Waals surface area contributed by atoms with Gasteiger partial charge in [0.25, 0.3) is 0 Å². The van der Waals surface area contributed by atoms with Gasteiger partial charge in [-0.05, 0) is 32.0 Å². The predicted molar refractivity (Wildman–Crippen MR) is 87.6 cm³/mol. The van der Waals surface area contributed by atoms with Crippen molar-refractivity contribution in [1.29, 1.82) is 0 Å². The quantitative estimate of drug-likeness (QED) is 0.506. The van der Waals surface area contributed by atoms with Gasteiger partial charge in [0.1, 0.15) is 0 Å². The number of β-amino-alcohol motifs (C(OH)–C–C–N with tert-alkyl or cyclic N) is 1. The number of hydrogen-bond donors (Lipinski definition) is 2. The highest BCUT2D eigenvalue weighted by Crippen LogP contribution is 2.20. The zero-order valence-corrected chi connectivity index (χ0v) is 12.7. The van der Waals surface area contributed by atoms with E-state index in [2.05, 4.69) is 10.1 Å². The maximum atomic E-state index is 10.4. The molecule has 2 aromatic rings. The van der Waals surface area contributed by atoms with Crippen molar-refractivity contribution in [3.63, 3.8) is 0 Å². The van der Waals surface area contributed by atoms with Crippen LogP contribution in [0.4, 0.5) is 0 Å². The molecular formula is C17H23N3O2. The first-order chi connectivity index (χ1) is 10.8. The Morgan fingerprint density at radius 2 is 1.91 bits per heavy atom. The molecule has 1 unspecified atom stereocenters. The van der Waals surface area contributed by atoms with Crippen LogP contribution in [0, 0.1) is 0 Å². The Balaban J connectivity index is 1.75. The molecule has 22 heavy (non-hydrogen) atoms. The Bertz CT molecular complexity index is 644. The monoisotopic (exact) mass is 301 g/mol. The number of nitrogens with zero attached hydrogens (tertiary/aromatic N) is 3. The van der Waals surface area contributed by atoms with Gasteiger partial charge < -0.3 is 19.8 Å². The Kier molecular flexibility index (Phi) is 4.75. The number of para-hydroxylation sites is 1. The Hall–Kier alpha value is -1.85. The second-order valence-corrected chi connectivity index (χ2v) is 6.01. The molecule has 1 fully saturated rings. The van der Waals surface area contributed by atoms with Gasteiger partial charge in [-0.15, -0.1) is 0 Å². The van der Waals surface area contributed by atoms with Crippen LogP contribution in [0.1, 0.15) is 24.8 Å². The van der Waals surface area contributed by atoms with Crippen LogP contribution in [0.2, 0.25) is 0 Å². The minimum Gasteiger partial charge on any atom is -0.411 e. The lowest BCUT2D eigenvalue weighted by atomic mass is 10.1. The van der Waals surface area contributed by atoms with Crippen LogP contribution in [-0.2, 0) is 6.54 Å². The zero-order chi connectivity index (χ0) is 15.4. The van der Waals surface area contributed by atoms with Crippen LogP contribution in [0.25, 0.3) is 10.9 Å². The molecule has 5 nitrogen and oxygen atoms in total. The third-order valence-corrected chi connectivity index (χ3v) is 4.34. The van der Waals surface area contributed by atoms with E-state index in [0.717, 1.165) is 36.1 Å². The van der Waals surface area contributed by atoms with Crippen molar-refractivity contribution >= 4 is 17.1 Å². The molecular weight excluding hydrogens is 278 g/mol. The molecule has 0 radical (unpaired) electrons. The molecule has 0 amide bonds. The maximum absolute atomic E-state index is 10.4. The summed E-state index contributed by atoms with van der Waals surface area (Å²) in [6, 6.07) is 7.97. The topological polar surface area (TPSA) is 61.0 Å². The van der Waals surface area contributed by atoms with Crippen LogP contribution in [0.3, 0.4) is 0 Å². The summed E-state index contributed by atoms with van der Waals surface area (Å²) in [6.45, 7) is 3.45. The number of oxime groups is 1. The second kappa shape index (κ2) is 6.94. The second-order valence-electron chi connectivity index (χ2n) is 6.01. The summed E-state index contributed by atoms with van der Waals surface area (Å²) in [7, 11) is 0. The van der Waals surface area contributed by atoms with Crippen LogP contribution in [-0.4, -0.2) is 51.7 Å². The number of aromatic nitrogens is 1. The fourth-order valence-electron chi connectivity index (χ4n) is 3.32. The van der Waals surface area contributed by atoms with Crippen molar-refractivity contribution in [3.8, 4) is 0 Å². The van der Waals surface area contributed by atoms with E-state index in [1.165, 1.54) is 25.5 Å². The molecule has 0 bridgehead atoms.